The first-order valence-electron chi connectivity index (χ1n) is 6.74. The summed E-state index contributed by atoms with van der Waals surface area (Å²) < 4.78 is 5.58. The van der Waals surface area contributed by atoms with Gasteiger partial charge >= 0.3 is 0 Å². The Bertz CT molecular complexity index is 420. The minimum atomic E-state index is -0.339. The first-order valence-corrected chi connectivity index (χ1v) is 6.74. The van der Waals surface area contributed by atoms with E-state index in [1.54, 1.807) is 12.4 Å². The molecule has 21 heavy (non-hydrogen) atoms. The van der Waals surface area contributed by atoms with Gasteiger partial charge in [0.25, 0.3) is 0 Å². The van der Waals surface area contributed by atoms with Crippen LogP contribution in [0.2, 0.25) is 0 Å². The van der Waals surface area contributed by atoms with E-state index in [0.29, 0.717) is 6.54 Å². The van der Waals surface area contributed by atoms with Gasteiger partial charge in [-0.05, 0) is 43.9 Å². The topological polar surface area (TPSA) is 77.2 Å². The van der Waals surface area contributed by atoms with Gasteiger partial charge in [-0.25, -0.2) is 0 Å². The first kappa shape index (κ1) is 20.1. The van der Waals surface area contributed by atoms with Crippen LogP contribution in [-0.4, -0.2) is 35.7 Å². The fourth-order valence-electron chi connectivity index (χ4n) is 2.33. The van der Waals surface area contributed by atoms with Crippen LogP contribution in [0.15, 0.2) is 24.5 Å². The van der Waals surface area contributed by atoms with Gasteiger partial charge in [-0.2, -0.15) is 0 Å². The highest BCUT2D eigenvalue weighted by atomic mass is 35.5. The van der Waals surface area contributed by atoms with Gasteiger partial charge in [0.15, 0.2) is 0 Å². The molecule has 0 spiro atoms. The zero-order valence-electron chi connectivity index (χ0n) is 12.0. The standard InChI is InChI=1S/C14H21N3O2.2ClH/c1-10(8-11-4-6-16-7-5-11)17-14(18)13-3-2-12(9-15)19-13;;/h4-7,10,12-13H,2-3,8-9,15H2,1H3,(H,17,18);2*1H/t10?,12-,13+;;/m1../s1. The molecule has 1 amide bonds. The first-order chi connectivity index (χ1) is 9.19. The van der Waals surface area contributed by atoms with Gasteiger partial charge in [0, 0.05) is 25.0 Å². The van der Waals surface area contributed by atoms with Crippen LogP contribution in [0.25, 0.3) is 0 Å². The van der Waals surface area contributed by atoms with Crippen molar-refractivity contribution in [3.05, 3.63) is 30.1 Å². The van der Waals surface area contributed by atoms with Crippen molar-refractivity contribution < 1.29 is 9.53 Å². The Balaban J connectivity index is 0.00000200. The van der Waals surface area contributed by atoms with E-state index in [2.05, 4.69) is 10.3 Å². The molecule has 0 bridgehead atoms. The molecule has 7 heteroatoms. The number of aromatic nitrogens is 1. The zero-order valence-corrected chi connectivity index (χ0v) is 13.7. The molecule has 3 atom stereocenters. The Kier molecular flexibility index (Phi) is 9.53. The summed E-state index contributed by atoms with van der Waals surface area (Å²) >= 11 is 0. The van der Waals surface area contributed by atoms with Crippen LogP contribution >= 0.6 is 24.8 Å². The van der Waals surface area contributed by atoms with Crippen LogP contribution in [0.3, 0.4) is 0 Å². The minimum absolute atomic E-state index is 0. The summed E-state index contributed by atoms with van der Waals surface area (Å²) in [6, 6.07) is 3.99. The van der Waals surface area contributed by atoms with E-state index in [1.165, 1.54) is 0 Å². The molecule has 2 heterocycles. The molecule has 1 fully saturated rings. The van der Waals surface area contributed by atoms with Gasteiger partial charge < -0.3 is 15.8 Å². The molecule has 0 aromatic carbocycles. The number of rotatable bonds is 5. The lowest BCUT2D eigenvalue weighted by atomic mass is 10.1. The molecule has 3 N–H and O–H groups in total. The summed E-state index contributed by atoms with van der Waals surface area (Å²) in [5.74, 6) is -0.0301. The molecule has 2 rings (SSSR count). The summed E-state index contributed by atoms with van der Waals surface area (Å²) in [6.45, 7) is 2.48. The third-order valence-corrected chi connectivity index (χ3v) is 3.34. The number of pyridine rings is 1. The number of amides is 1. The Labute approximate surface area is 137 Å². The molecular formula is C14H23Cl2N3O2. The molecule has 1 aromatic rings. The average Bonchev–Trinajstić information content (AvgIpc) is 2.88. The van der Waals surface area contributed by atoms with E-state index >= 15 is 0 Å². The van der Waals surface area contributed by atoms with Crippen LogP contribution < -0.4 is 11.1 Å². The summed E-state index contributed by atoms with van der Waals surface area (Å²) in [6.07, 6.45) is 5.63. The fourth-order valence-corrected chi connectivity index (χ4v) is 2.33. The molecule has 1 aliphatic heterocycles. The van der Waals surface area contributed by atoms with E-state index in [-0.39, 0.29) is 49.0 Å². The normalized spacial score (nSPS) is 21.8. The predicted molar refractivity (Wildman–Crippen MR) is 87.0 cm³/mol. The van der Waals surface area contributed by atoms with Crippen molar-refractivity contribution in [1.82, 2.24) is 10.3 Å². The highest BCUT2D eigenvalue weighted by Gasteiger charge is 2.30. The van der Waals surface area contributed by atoms with Crippen LogP contribution in [0.4, 0.5) is 0 Å². The summed E-state index contributed by atoms with van der Waals surface area (Å²) in [5, 5.41) is 2.99. The quantitative estimate of drug-likeness (QED) is 0.854. The second-order valence-corrected chi connectivity index (χ2v) is 5.03. The smallest absolute Gasteiger partial charge is 0.249 e. The number of nitrogens with two attached hydrogens (primary N) is 1. The molecule has 5 nitrogen and oxygen atoms in total. The molecule has 1 saturated heterocycles. The largest absolute Gasteiger partial charge is 0.364 e. The molecular weight excluding hydrogens is 313 g/mol. The number of nitrogens with one attached hydrogen (secondary N) is 1. The van der Waals surface area contributed by atoms with Crippen molar-refractivity contribution >= 4 is 30.7 Å². The van der Waals surface area contributed by atoms with Crippen molar-refractivity contribution in [3.8, 4) is 0 Å². The van der Waals surface area contributed by atoms with Crippen LogP contribution in [0, 0.1) is 0 Å². The maximum atomic E-state index is 12.0. The van der Waals surface area contributed by atoms with Gasteiger partial charge in [0.2, 0.25) is 5.91 Å². The van der Waals surface area contributed by atoms with Crippen LogP contribution in [0.1, 0.15) is 25.3 Å². The molecule has 120 valence electrons. The Morgan fingerprint density at radius 2 is 2.10 bits per heavy atom. The Morgan fingerprint density at radius 1 is 1.43 bits per heavy atom. The molecule has 1 unspecified atom stereocenters. The predicted octanol–water partition coefficient (Wildman–Crippen LogP) is 1.48. The van der Waals surface area contributed by atoms with Crippen molar-refractivity contribution in [2.45, 2.75) is 44.4 Å². The molecule has 1 aliphatic rings. The number of nitrogens with zero attached hydrogens (tertiary/aromatic N) is 1. The summed E-state index contributed by atoms with van der Waals surface area (Å²) in [7, 11) is 0. The van der Waals surface area contributed by atoms with Crippen LogP contribution in [0.5, 0.6) is 0 Å². The third kappa shape index (κ3) is 6.18. The molecule has 1 aromatic heterocycles. The van der Waals surface area contributed by atoms with Gasteiger partial charge in [0.1, 0.15) is 6.10 Å². The number of carbonyl (C=O) groups is 1. The third-order valence-electron chi connectivity index (χ3n) is 3.34. The van der Waals surface area contributed by atoms with Crippen molar-refractivity contribution in [2.24, 2.45) is 5.73 Å². The van der Waals surface area contributed by atoms with Gasteiger partial charge in [-0.15, -0.1) is 24.8 Å². The Morgan fingerprint density at radius 3 is 2.67 bits per heavy atom. The number of halogens is 2. The van der Waals surface area contributed by atoms with E-state index in [9.17, 15) is 4.79 Å². The van der Waals surface area contributed by atoms with Crippen LogP contribution in [-0.2, 0) is 16.0 Å². The van der Waals surface area contributed by atoms with E-state index in [0.717, 1.165) is 24.8 Å². The SMILES string of the molecule is CC(Cc1ccncc1)NC(=O)[C@@H]1CC[C@H](CN)O1.Cl.Cl. The summed E-state index contributed by atoms with van der Waals surface area (Å²) in [4.78, 5) is 16.0. The number of carbonyl (C=O) groups excluding carboxylic acids is 1. The monoisotopic (exact) mass is 335 g/mol. The summed E-state index contributed by atoms with van der Waals surface area (Å²) in [5.41, 5.74) is 6.70. The van der Waals surface area contributed by atoms with E-state index < -0.39 is 0 Å². The molecule has 0 saturated carbocycles. The zero-order chi connectivity index (χ0) is 13.7. The lowest BCUT2D eigenvalue weighted by molar-refractivity contribution is -0.132. The van der Waals surface area contributed by atoms with Gasteiger partial charge in [0.05, 0.1) is 6.10 Å². The lowest BCUT2D eigenvalue weighted by Gasteiger charge is -2.17. The van der Waals surface area contributed by atoms with Gasteiger partial charge in [-0.1, -0.05) is 0 Å². The highest BCUT2D eigenvalue weighted by molar-refractivity contribution is 5.85. The van der Waals surface area contributed by atoms with Crippen molar-refractivity contribution in [3.63, 3.8) is 0 Å². The highest BCUT2D eigenvalue weighted by Crippen LogP contribution is 2.19. The van der Waals surface area contributed by atoms with Crippen molar-refractivity contribution in [1.29, 1.82) is 0 Å². The second-order valence-electron chi connectivity index (χ2n) is 5.03. The maximum Gasteiger partial charge on any atom is 0.249 e. The average molecular weight is 336 g/mol. The van der Waals surface area contributed by atoms with Gasteiger partial charge in [-0.3, -0.25) is 9.78 Å². The molecule has 0 radical (unpaired) electrons. The van der Waals surface area contributed by atoms with Crippen molar-refractivity contribution in [2.75, 3.05) is 6.54 Å². The number of hydrogen-bond acceptors (Lipinski definition) is 4. The van der Waals surface area contributed by atoms with E-state index in [4.69, 9.17) is 10.5 Å². The molecule has 0 aliphatic carbocycles. The number of hydrogen-bond donors (Lipinski definition) is 2. The maximum absolute atomic E-state index is 12.0. The minimum Gasteiger partial charge on any atom is -0.364 e. The van der Waals surface area contributed by atoms with E-state index in [1.807, 2.05) is 19.1 Å². The Hall–Kier alpha value is -0.880. The second kappa shape index (κ2) is 9.95. The fraction of sp³-hybridized carbons (Fsp3) is 0.571. The lowest BCUT2D eigenvalue weighted by Crippen LogP contribution is -2.41. The number of ether oxygens (including phenoxy) is 1.